The van der Waals surface area contributed by atoms with Crippen LogP contribution < -0.4 is 10.1 Å². The van der Waals surface area contributed by atoms with Crippen LogP contribution in [0.15, 0.2) is 30.6 Å². The van der Waals surface area contributed by atoms with Crippen molar-refractivity contribution in [3.63, 3.8) is 0 Å². The number of benzene rings is 1. The van der Waals surface area contributed by atoms with Crippen molar-refractivity contribution >= 4 is 39.1 Å². The summed E-state index contributed by atoms with van der Waals surface area (Å²) in [5.41, 5.74) is -0.156. The molecule has 1 unspecified atom stereocenters. The smallest absolute Gasteiger partial charge is 0.418 e. The van der Waals surface area contributed by atoms with E-state index in [9.17, 15) is 22.8 Å². The van der Waals surface area contributed by atoms with E-state index in [2.05, 4.69) is 22.2 Å². The Kier molecular flexibility index (Phi) is 6.74. The number of nitrogens with zero attached hydrogens (tertiary/aromatic N) is 3. The average Bonchev–Trinajstić information content (AvgIpc) is 3.15. The first kappa shape index (κ1) is 23.9. The Morgan fingerprint density at radius 2 is 2.03 bits per heavy atom. The van der Waals surface area contributed by atoms with Gasteiger partial charge in [0.25, 0.3) is 5.91 Å². The zero-order chi connectivity index (χ0) is 24.5. The fourth-order valence-corrected chi connectivity index (χ4v) is 5.27. The third-order valence-electron chi connectivity index (χ3n) is 5.70. The Bertz CT molecular complexity index is 1230. The van der Waals surface area contributed by atoms with Gasteiger partial charge < -0.3 is 15.0 Å². The van der Waals surface area contributed by atoms with Crippen molar-refractivity contribution in [1.29, 1.82) is 0 Å². The number of likely N-dealkylation sites (N-methyl/N-ethyl adjacent to an activating group) is 1. The standard InChI is InChI=1S/C23H23F3N4O3S/c1-13-7-8-14-17(9-13)34-22-20(14)21(27-12-28-22)33-11-19(32)30(2)10-18(31)29-16-6-4-3-5-15(16)23(24,25)26/h3-6,12-13H,7-11H2,1-2H3,(H,29,31). The minimum atomic E-state index is -4.61. The predicted molar refractivity (Wildman–Crippen MR) is 122 cm³/mol. The summed E-state index contributed by atoms with van der Waals surface area (Å²) in [6, 6.07) is 4.67. The summed E-state index contributed by atoms with van der Waals surface area (Å²) in [5.74, 6) is -0.341. The molecule has 7 nitrogen and oxygen atoms in total. The molecular weight excluding hydrogens is 469 g/mol. The molecule has 0 aliphatic heterocycles. The van der Waals surface area contributed by atoms with Crippen molar-refractivity contribution < 1.29 is 27.5 Å². The lowest BCUT2D eigenvalue weighted by molar-refractivity contribution is -0.137. The van der Waals surface area contributed by atoms with Crippen LogP contribution in [0.3, 0.4) is 0 Å². The minimum Gasteiger partial charge on any atom is -0.467 e. The van der Waals surface area contributed by atoms with Crippen LogP contribution >= 0.6 is 11.3 Å². The number of ether oxygens (including phenoxy) is 1. The molecule has 3 aromatic rings. The zero-order valence-electron chi connectivity index (χ0n) is 18.6. The Hall–Kier alpha value is -3.21. The van der Waals surface area contributed by atoms with E-state index in [1.54, 1.807) is 11.3 Å². The maximum absolute atomic E-state index is 13.1. The quantitative estimate of drug-likeness (QED) is 0.554. The lowest BCUT2D eigenvalue weighted by Gasteiger charge is -2.19. The molecule has 2 aromatic heterocycles. The maximum Gasteiger partial charge on any atom is 0.418 e. The second-order valence-corrected chi connectivity index (χ2v) is 9.42. The summed E-state index contributed by atoms with van der Waals surface area (Å²) in [5, 5.41) is 3.05. The number of aryl methyl sites for hydroxylation is 1. The van der Waals surface area contributed by atoms with Gasteiger partial charge in [-0.15, -0.1) is 11.3 Å². The Morgan fingerprint density at radius 1 is 1.26 bits per heavy atom. The summed E-state index contributed by atoms with van der Waals surface area (Å²) in [6.07, 6.45) is -0.289. The number of anilines is 1. The van der Waals surface area contributed by atoms with E-state index in [1.165, 1.54) is 30.4 Å². The first-order chi connectivity index (χ1) is 16.1. The normalized spacial score (nSPS) is 15.6. The van der Waals surface area contributed by atoms with Crippen molar-refractivity contribution in [1.82, 2.24) is 14.9 Å². The average molecular weight is 493 g/mol. The lowest BCUT2D eigenvalue weighted by Crippen LogP contribution is -2.38. The van der Waals surface area contributed by atoms with Crippen LogP contribution in [0, 0.1) is 5.92 Å². The van der Waals surface area contributed by atoms with Crippen LogP contribution in [0.1, 0.15) is 29.3 Å². The molecule has 11 heteroatoms. The molecule has 4 rings (SSSR count). The number of thiophene rings is 1. The number of amides is 2. The molecule has 2 amide bonds. The number of fused-ring (bicyclic) bond motifs is 3. The van der Waals surface area contributed by atoms with Gasteiger partial charge in [0, 0.05) is 11.9 Å². The molecular formula is C23H23F3N4O3S. The third kappa shape index (κ3) is 5.14. The van der Waals surface area contributed by atoms with Gasteiger partial charge in [-0.3, -0.25) is 9.59 Å². The van der Waals surface area contributed by atoms with Gasteiger partial charge in [-0.2, -0.15) is 13.2 Å². The maximum atomic E-state index is 13.1. The molecule has 0 spiro atoms. The number of carbonyl (C=O) groups is 2. The number of nitrogens with one attached hydrogen (secondary N) is 1. The van der Waals surface area contributed by atoms with Gasteiger partial charge in [-0.05, 0) is 42.9 Å². The summed E-state index contributed by atoms with van der Waals surface area (Å²) < 4.78 is 45.1. The molecule has 180 valence electrons. The molecule has 1 aliphatic rings. The van der Waals surface area contributed by atoms with Gasteiger partial charge in [0.1, 0.15) is 11.2 Å². The predicted octanol–water partition coefficient (Wildman–Crippen LogP) is 4.31. The van der Waals surface area contributed by atoms with E-state index in [0.717, 1.165) is 52.1 Å². The third-order valence-corrected chi connectivity index (χ3v) is 6.86. The highest BCUT2D eigenvalue weighted by Crippen LogP contribution is 2.40. The van der Waals surface area contributed by atoms with Crippen LogP contribution in [0.25, 0.3) is 10.2 Å². The van der Waals surface area contributed by atoms with Crippen molar-refractivity contribution in [2.75, 3.05) is 25.5 Å². The highest BCUT2D eigenvalue weighted by atomic mass is 32.1. The summed E-state index contributed by atoms with van der Waals surface area (Å²) in [6.45, 7) is 1.41. The van der Waals surface area contributed by atoms with E-state index in [0.29, 0.717) is 11.8 Å². The molecule has 0 radical (unpaired) electrons. The van der Waals surface area contributed by atoms with Crippen molar-refractivity contribution in [3.8, 4) is 5.88 Å². The number of rotatable bonds is 6. The van der Waals surface area contributed by atoms with Crippen LogP contribution in [-0.4, -0.2) is 46.9 Å². The molecule has 1 N–H and O–H groups in total. The number of para-hydroxylation sites is 1. The van der Waals surface area contributed by atoms with E-state index < -0.39 is 30.1 Å². The molecule has 1 aromatic carbocycles. The van der Waals surface area contributed by atoms with Crippen molar-refractivity contribution in [2.45, 2.75) is 32.4 Å². The van der Waals surface area contributed by atoms with Gasteiger partial charge in [0.05, 0.1) is 23.2 Å². The molecule has 34 heavy (non-hydrogen) atoms. The van der Waals surface area contributed by atoms with Gasteiger partial charge in [0.2, 0.25) is 11.8 Å². The van der Waals surface area contributed by atoms with Crippen LogP contribution in [0.2, 0.25) is 0 Å². The first-order valence-electron chi connectivity index (χ1n) is 10.7. The number of hydrogen-bond donors (Lipinski definition) is 1. The highest BCUT2D eigenvalue weighted by molar-refractivity contribution is 7.18. The molecule has 0 fully saturated rings. The summed E-state index contributed by atoms with van der Waals surface area (Å²) >= 11 is 1.61. The van der Waals surface area contributed by atoms with E-state index in [-0.39, 0.29) is 12.3 Å². The van der Waals surface area contributed by atoms with Crippen molar-refractivity contribution in [3.05, 3.63) is 46.6 Å². The number of carbonyl (C=O) groups excluding carboxylic acids is 2. The van der Waals surface area contributed by atoms with Crippen LogP contribution in [0.4, 0.5) is 18.9 Å². The van der Waals surface area contributed by atoms with E-state index in [4.69, 9.17) is 4.74 Å². The summed E-state index contributed by atoms with van der Waals surface area (Å²) in [4.78, 5) is 36.5. The highest BCUT2D eigenvalue weighted by Gasteiger charge is 2.33. The minimum absolute atomic E-state index is 0.322. The summed E-state index contributed by atoms with van der Waals surface area (Å²) in [7, 11) is 1.38. The van der Waals surface area contributed by atoms with Gasteiger partial charge in [0.15, 0.2) is 6.61 Å². The Labute approximate surface area is 198 Å². The second-order valence-electron chi connectivity index (χ2n) is 8.34. The molecule has 1 atom stereocenters. The fraction of sp³-hybridized carbons (Fsp3) is 0.391. The molecule has 0 bridgehead atoms. The van der Waals surface area contributed by atoms with Gasteiger partial charge in [-0.1, -0.05) is 19.1 Å². The van der Waals surface area contributed by atoms with Crippen LogP contribution in [-0.2, 0) is 28.6 Å². The molecule has 2 heterocycles. The number of halogens is 3. The Balaban J connectivity index is 1.39. The van der Waals surface area contributed by atoms with E-state index >= 15 is 0 Å². The fourth-order valence-electron chi connectivity index (χ4n) is 3.93. The first-order valence-corrected chi connectivity index (χ1v) is 11.5. The van der Waals surface area contributed by atoms with E-state index in [1.807, 2.05) is 0 Å². The SMILES string of the molecule is CC1CCc2c(sc3ncnc(OCC(=O)N(C)CC(=O)Nc4ccccc4C(F)(F)F)c23)C1. The van der Waals surface area contributed by atoms with Gasteiger partial charge >= 0.3 is 6.18 Å². The number of aromatic nitrogens is 2. The Morgan fingerprint density at radius 3 is 2.79 bits per heavy atom. The molecule has 1 aliphatic carbocycles. The molecule has 0 saturated carbocycles. The zero-order valence-corrected chi connectivity index (χ0v) is 19.4. The van der Waals surface area contributed by atoms with Gasteiger partial charge in [-0.25, -0.2) is 9.97 Å². The number of hydrogen-bond acceptors (Lipinski definition) is 6. The largest absolute Gasteiger partial charge is 0.467 e. The molecule has 0 saturated heterocycles. The van der Waals surface area contributed by atoms with Crippen molar-refractivity contribution in [2.24, 2.45) is 5.92 Å². The lowest BCUT2D eigenvalue weighted by atomic mass is 9.89. The number of alkyl halides is 3. The topological polar surface area (TPSA) is 84.4 Å². The van der Waals surface area contributed by atoms with Crippen LogP contribution in [0.5, 0.6) is 5.88 Å². The second kappa shape index (κ2) is 9.57. The monoisotopic (exact) mass is 492 g/mol.